The topological polar surface area (TPSA) is 68.5 Å². The number of nitrogens with one attached hydrogen (secondary N) is 1. The zero-order chi connectivity index (χ0) is 20.1. The predicted molar refractivity (Wildman–Crippen MR) is 104 cm³/mol. The molecule has 3 aromatic rings. The number of hydrogen-bond donors (Lipinski definition) is 1. The number of anilines is 1. The first-order valence-corrected chi connectivity index (χ1v) is 9.37. The number of carbonyl (C=O) groups excluding carboxylic acids is 1. The number of amides is 1. The van der Waals surface area contributed by atoms with Crippen LogP contribution in [0.4, 0.5) is 14.5 Å². The molecule has 0 unspecified atom stereocenters. The van der Waals surface area contributed by atoms with Gasteiger partial charge in [0.15, 0.2) is 6.61 Å². The van der Waals surface area contributed by atoms with E-state index >= 15 is 0 Å². The SMILES string of the molecule is CCc1cc(=O)oc2cc(OCC(=O)Nc3ccccc3SC(F)F)ccc12. The molecule has 1 N–H and O–H groups in total. The van der Waals surface area contributed by atoms with E-state index in [0.29, 0.717) is 35.2 Å². The van der Waals surface area contributed by atoms with Crippen LogP contribution in [0, 0.1) is 0 Å². The van der Waals surface area contributed by atoms with Crippen molar-refractivity contribution in [1.29, 1.82) is 0 Å². The molecule has 0 fully saturated rings. The highest BCUT2D eigenvalue weighted by Gasteiger charge is 2.12. The largest absolute Gasteiger partial charge is 0.484 e. The highest BCUT2D eigenvalue weighted by molar-refractivity contribution is 7.99. The first-order chi connectivity index (χ1) is 13.5. The lowest BCUT2D eigenvalue weighted by Crippen LogP contribution is -2.20. The van der Waals surface area contributed by atoms with E-state index in [1.165, 1.54) is 12.1 Å². The van der Waals surface area contributed by atoms with Crippen LogP contribution in [0.3, 0.4) is 0 Å². The van der Waals surface area contributed by atoms with E-state index in [-0.39, 0.29) is 11.5 Å². The Morgan fingerprint density at radius 3 is 2.75 bits per heavy atom. The molecule has 8 heteroatoms. The number of ether oxygens (including phenoxy) is 1. The van der Waals surface area contributed by atoms with Crippen LogP contribution in [0.15, 0.2) is 62.6 Å². The molecule has 0 aliphatic heterocycles. The molecular formula is C20H17F2NO4S. The van der Waals surface area contributed by atoms with Gasteiger partial charge < -0.3 is 14.5 Å². The molecule has 2 aromatic carbocycles. The molecule has 0 aliphatic carbocycles. The van der Waals surface area contributed by atoms with Crippen molar-refractivity contribution in [3.63, 3.8) is 0 Å². The van der Waals surface area contributed by atoms with Crippen LogP contribution >= 0.6 is 11.8 Å². The van der Waals surface area contributed by atoms with Crippen molar-refractivity contribution in [2.24, 2.45) is 0 Å². The maximum absolute atomic E-state index is 12.6. The molecule has 0 atom stereocenters. The number of rotatable bonds is 7. The molecule has 0 radical (unpaired) electrons. The lowest BCUT2D eigenvalue weighted by Gasteiger charge is -2.11. The van der Waals surface area contributed by atoms with Crippen LogP contribution < -0.4 is 15.7 Å². The molecule has 1 heterocycles. The van der Waals surface area contributed by atoms with Crippen molar-refractivity contribution >= 4 is 34.3 Å². The molecule has 3 rings (SSSR count). The average molecular weight is 405 g/mol. The lowest BCUT2D eigenvalue weighted by atomic mass is 10.1. The quantitative estimate of drug-likeness (QED) is 0.456. The van der Waals surface area contributed by atoms with E-state index in [4.69, 9.17) is 9.15 Å². The van der Waals surface area contributed by atoms with Crippen LogP contribution in [0.1, 0.15) is 12.5 Å². The maximum Gasteiger partial charge on any atom is 0.336 e. The van der Waals surface area contributed by atoms with Gasteiger partial charge in [-0.25, -0.2) is 4.79 Å². The highest BCUT2D eigenvalue weighted by atomic mass is 32.2. The second kappa shape index (κ2) is 8.88. The minimum absolute atomic E-state index is 0.269. The van der Waals surface area contributed by atoms with E-state index in [1.54, 1.807) is 36.4 Å². The number of fused-ring (bicyclic) bond motifs is 1. The van der Waals surface area contributed by atoms with Crippen molar-refractivity contribution in [2.75, 3.05) is 11.9 Å². The smallest absolute Gasteiger partial charge is 0.336 e. The molecule has 0 spiro atoms. The fraction of sp³-hybridized carbons (Fsp3) is 0.200. The van der Waals surface area contributed by atoms with Gasteiger partial charge in [-0.15, -0.1) is 0 Å². The Morgan fingerprint density at radius 1 is 1.21 bits per heavy atom. The molecular weight excluding hydrogens is 388 g/mol. The van der Waals surface area contributed by atoms with E-state index in [1.807, 2.05) is 6.92 Å². The van der Waals surface area contributed by atoms with Crippen LogP contribution in [-0.4, -0.2) is 18.3 Å². The Balaban J connectivity index is 1.69. The maximum atomic E-state index is 12.6. The molecule has 28 heavy (non-hydrogen) atoms. The van der Waals surface area contributed by atoms with Gasteiger partial charge in [0.25, 0.3) is 11.7 Å². The normalized spacial score (nSPS) is 11.0. The van der Waals surface area contributed by atoms with Gasteiger partial charge >= 0.3 is 5.63 Å². The summed E-state index contributed by atoms with van der Waals surface area (Å²) >= 11 is 0.357. The third-order valence-corrected chi connectivity index (χ3v) is 4.72. The zero-order valence-corrected chi connectivity index (χ0v) is 15.7. The van der Waals surface area contributed by atoms with Crippen molar-refractivity contribution in [2.45, 2.75) is 24.0 Å². The van der Waals surface area contributed by atoms with Crippen LogP contribution in [-0.2, 0) is 11.2 Å². The number of thioether (sulfide) groups is 1. The third kappa shape index (κ3) is 4.89. The summed E-state index contributed by atoms with van der Waals surface area (Å²) in [6, 6.07) is 12.7. The molecule has 0 bridgehead atoms. The third-order valence-electron chi connectivity index (χ3n) is 3.93. The number of benzene rings is 2. The van der Waals surface area contributed by atoms with Crippen molar-refractivity contribution in [3.8, 4) is 5.75 Å². The Morgan fingerprint density at radius 2 is 2.00 bits per heavy atom. The molecule has 0 aliphatic rings. The number of halogens is 2. The fourth-order valence-electron chi connectivity index (χ4n) is 2.70. The Kier molecular flexibility index (Phi) is 6.30. The van der Waals surface area contributed by atoms with Crippen LogP contribution in [0.2, 0.25) is 0 Å². The minimum Gasteiger partial charge on any atom is -0.484 e. The van der Waals surface area contributed by atoms with Gasteiger partial charge in [-0.1, -0.05) is 30.8 Å². The minimum atomic E-state index is -2.59. The van der Waals surface area contributed by atoms with Gasteiger partial charge in [0.2, 0.25) is 0 Å². The van der Waals surface area contributed by atoms with Crippen molar-refractivity contribution in [3.05, 3.63) is 64.5 Å². The number of alkyl halides is 2. The Hall–Kier alpha value is -2.87. The summed E-state index contributed by atoms with van der Waals surface area (Å²) in [4.78, 5) is 24.0. The van der Waals surface area contributed by atoms with Gasteiger partial charge in [0, 0.05) is 22.4 Å². The molecule has 146 valence electrons. The molecule has 1 amide bonds. The van der Waals surface area contributed by atoms with Crippen molar-refractivity contribution < 1.29 is 22.7 Å². The second-order valence-corrected chi connectivity index (χ2v) is 6.85. The summed E-state index contributed by atoms with van der Waals surface area (Å²) in [6.07, 6.45) is 0.681. The van der Waals surface area contributed by atoms with Crippen LogP contribution in [0.5, 0.6) is 5.75 Å². The molecule has 1 aromatic heterocycles. The van der Waals surface area contributed by atoms with Gasteiger partial charge in [0.05, 0.1) is 5.69 Å². The van der Waals surface area contributed by atoms with Crippen LogP contribution in [0.25, 0.3) is 11.0 Å². The number of hydrogen-bond acceptors (Lipinski definition) is 5. The zero-order valence-electron chi connectivity index (χ0n) is 14.9. The van der Waals surface area contributed by atoms with Gasteiger partial charge in [-0.05, 0) is 36.2 Å². The van der Waals surface area contributed by atoms with Gasteiger partial charge in [0.1, 0.15) is 11.3 Å². The molecule has 0 saturated heterocycles. The van der Waals surface area contributed by atoms with E-state index < -0.39 is 17.3 Å². The van der Waals surface area contributed by atoms with E-state index in [0.717, 1.165) is 10.9 Å². The fourth-order valence-corrected chi connectivity index (χ4v) is 3.29. The lowest BCUT2D eigenvalue weighted by molar-refractivity contribution is -0.118. The van der Waals surface area contributed by atoms with Crippen molar-refractivity contribution in [1.82, 2.24) is 0 Å². The number of carbonyl (C=O) groups is 1. The summed E-state index contributed by atoms with van der Waals surface area (Å²) in [5, 5.41) is 3.36. The van der Waals surface area contributed by atoms with Gasteiger partial charge in [-0.3, -0.25) is 4.79 Å². The summed E-state index contributed by atoms with van der Waals surface area (Å²) in [6.45, 7) is 1.62. The van der Waals surface area contributed by atoms with Gasteiger partial charge in [-0.2, -0.15) is 8.78 Å². The van der Waals surface area contributed by atoms with E-state index in [2.05, 4.69) is 5.32 Å². The summed E-state index contributed by atoms with van der Waals surface area (Å²) in [5.74, 6) is -2.73. The second-order valence-electron chi connectivity index (χ2n) is 5.81. The standard InChI is InChI=1S/C20H17F2NO4S/c1-2-12-9-19(25)27-16-10-13(7-8-14(12)16)26-11-18(24)23-15-5-3-4-6-17(15)28-20(21)22/h3-10,20H,2,11H2,1H3,(H,23,24). The predicted octanol–water partition coefficient (Wildman–Crippen LogP) is 4.69. The van der Waals surface area contributed by atoms with E-state index in [9.17, 15) is 18.4 Å². The summed E-state index contributed by atoms with van der Waals surface area (Å²) in [7, 11) is 0. The highest BCUT2D eigenvalue weighted by Crippen LogP contribution is 2.31. The summed E-state index contributed by atoms with van der Waals surface area (Å²) < 4.78 is 35.9. The first-order valence-electron chi connectivity index (χ1n) is 8.49. The number of para-hydroxylation sites is 1. The Bertz CT molecular complexity index is 1050. The molecule has 5 nitrogen and oxygen atoms in total. The first kappa shape index (κ1) is 19.9. The number of aryl methyl sites for hydroxylation is 1. The molecule has 0 saturated carbocycles. The Labute approximate surface area is 163 Å². The average Bonchev–Trinajstić information content (AvgIpc) is 2.66. The summed E-state index contributed by atoms with van der Waals surface area (Å²) in [5.41, 5.74) is 1.08. The monoisotopic (exact) mass is 405 g/mol.